The third-order valence-electron chi connectivity index (χ3n) is 2.01. The predicted molar refractivity (Wildman–Crippen MR) is 52.1 cm³/mol. The summed E-state index contributed by atoms with van der Waals surface area (Å²) in [6.07, 6.45) is 0.856. The minimum Gasteiger partial charge on any atom is -0.370 e. The van der Waals surface area contributed by atoms with E-state index in [1.54, 1.807) is 0 Å². The fourth-order valence-corrected chi connectivity index (χ4v) is 1.23. The Kier molecular flexibility index (Phi) is 4.11. The number of carbonyl (C=O) groups excluding carboxylic acids is 2. The van der Waals surface area contributed by atoms with Crippen LogP contribution in [0.2, 0.25) is 0 Å². The summed E-state index contributed by atoms with van der Waals surface area (Å²) in [6.45, 7) is 7.50. The van der Waals surface area contributed by atoms with Crippen molar-refractivity contribution in [1.29, 1.82) is 0 Å². The number of amides is 1. The maximum atomic E-state index is 11.6. The van der Waals surface area contributed by atoms with Crippen LogP contribution in [0.4, 0.5) is 0 Å². The van der Waals surface area contributed by atoms with Crippen LogP contribution in [0.3, 0.4) is 0 Å². The standard InChI is InChI=1S/C10H19NO2/c1-7(5-6-8(11)12)9(13)10(2,3)4/h7H,5-6H2,1-4H3,(H2,11,12). The molecule has 0 bridgehead atoms. The van der Waals surface area contributed by atoms with Gasteiger partial charge in [0.2, 0.25) is 5.91 Å². The second kappa shape index (κ2) is 4.40. The summed E-state index contributed by atoms with van der Waals surface area (Å²) in [5.74, 6) is -0.227. The highest BCUT2D eigenvalue weighted by molar-refractivity contribution is 5.86. The summed E-state index contributed by atoms with van der Waals surface area (Å²) in [5, 5.41) is 0. The number of hydrogen-bond acceptors (Lipinski definition) is 2. The first-order valence-electron chi connectivity index (χ1n) is 4.57. The number of Topliss-reactive ketones (excluding diaryl/α,β-unsaturated/α-hetero) is 1. The molecular weight excluding hydrogens is 166 g/mol. The third-order valence-corrected chi connectivity index (χ3v) is 2.01. The Bertz CT molecular complexity index is 203. The lowest BCUT2D eigenvalue weighted by atomic mass is 9.82. The number of hydrogen-bond donors (Lipinski definition) is 1. The van der Waals surface area contributed by atoms with Crippen molar-refractivity contribution < 1.29 is 9.59 Å². The normalized spacial score (nSPS) is 13.8. The van der Waals surface area contributed by atoms with E-state index in [1.165, 1.54) is 0 Å². The monoisotopic (exact) mass is 185 g/mol. The molecule has 0 aromatic heterocycles. The molecule has 0 aliphatic heterocycles. The second-order valence-corrected chi connectivity index (χ2v) is 4.52. The topological polar surface area (TPSA) is 60.2 Å². The summed E-state index contributed by atoms with van der Waals surface area (Å²) in [5.41, 5.74) is 4.68. The van der Waals surface area contributed by atoms with Gasteiger partial charge < -0.3 is 5.73 Å². The van der Waals surface area contributed by atoms with Gasteiger partial charge in [-0.15, -0.1) is 0 Å². The molecule has 0 rings (SSSR count). The van der Waals surface area contributed by atoms with E-state index in [4.69, 9.17) is 5.73 Å². The van der Waals surface area contributed by atoms with E-state index in [9.17, 15) is 9.59 Å². The van der Waals surface area contributed by atoms with Gasteiger partial charge in [0, 0.05) is 17.8 Å². The predicted octanol–water partition coefficient (Wildman–Crippen LogP) is 1.50. The van der Waals surface area contributed by atoms with E-state index in [1.807, 2.05) is 27.7 Å². The van der Waals surface area contributed by atoms with Gasteiger partial charge in [0.05, 0.1) is 0 Å². The second-order valence-electron chi connectivity index (χ2n) is 4.52. The highest BCUT2D eigenvalue weighted by atomic mass is 16.1. The maximum Gasteiger partial charge on any atom is 0.217 e. The highest BCUT2D eigenvalue weighted by Gasteiger charge is 2.26. The first-order chi connectivity index (χ1) is 5.75. The number of primary amides is 1. The number of rotatable bonds is 4. The Morgan fingerprint density at radius 1 is 1.31 bits per heavy atom. The zero-order valence-corrected chi connectivity index (χ0v) is 8.89. The molecular formula is C10H19NO2. The summed E-state index contributed by atoms with van der Waals surface area (Å²) in [4.78, 5) is 22.1. The molecule has 0 aromatic rings. The summed E-state index contributed by atoms with van der Waals surface area (Å²) >= 11 is 0. The molecule has 0 spiro atoms. The first-order valence-corrected chi connectivity index (χ1v) is 4.57. The Morgan fingerprint density at radius 2 is 1.77 bits per heavy atom. The number of carbonyl (C=O) groups is 2. The summed E-state index contributed by atoms with van der Waals surface area (Å²) in [7, 11) is 0. The molecule has 1 atom stereocenters. The minimum absolute atomic E-state index is 0.0764. The van der Waals surface area contributed by atoms with Crippen molar-refractivity contribution in [3.05, 3.63) is 0 Å². The van der Waals surface area contributed by atoms with E-state index >= 15 is 0 Å². The van der Waals surface area contributed by atoms with Crippen LogP contribution in [0.25, 0.3) is 0 Å². The van der Waals surface area contributed by atoms with E-state index in [2.05, 4.69) is 0 Å². The lowest BCUT2D eigenvalue weighted by molar-refractivity contribution is -0.130. The van der Waals surface area contributed by atoms with Crippen molar-refractivity contribution in [2.45, 2.75) is 40.5 Å². The van der Waals surface area contributed by atoms with E-state index in [0.29, 0.717) is 12.8 Å². The fourth-order valence-electron chi connectivity index (χ4n) is 1.23. The molecule has 13 heavy (non-hydrogen) atoms. The van der Waals surface area contributed by atoms with Crippen LogP contribution >= 0.6 is 0 Å². The molecule has 3 nitrogen and oxygen atoms in total. The van der Waals surface area contributed by atoms with Crippen LogP contribution in [-0.2, 0) is 9.59 Å². The van der Waals surface area contributed by atoms with Crippen LogP contribution in [0.1, 0.15) is 40.5 Å². The molecule has 0 saturated carbocycles. The number of ketones is 1. The van der Waals surface area contributed by atoms with Crippen molar-refractivity contribution >= 4 is 11.7 Å². The van der Waals surface area contributed by atoms with Gasteiger partial charge in [-0.1, -0.05) is 27.7 Å². The molecule has 0 aromatic carbocycles. The molecule has 0 aliphatic rings. The van der Waals surface area contributed by atoms with Crippen LogP contribution in [0.5, 0.6) is 0 Å². The lowest BCUT2D eigenvalue weighted by Gasteiger charge is -2.21. The minimum atomic E-state index is -0.339. The van der Waals surface area contributed by atoms with Crippen molar-refractivity contribution in [3.8, 4) is 0 Å². The molecule has 0 heterocycles. The van der Waals surface area contributed by atoms with Crippen LogP contribution in [0.15, 0.2) is 0 Å². The SMILES string of the molecule is CC(CCC(N)=O)C(=O)C(C)(C)C. The fraction of sp³-hybridized carbons (Fsp3) is 0.800. The van der Waals surface area contributed by atoms with Gasteiger partial charge in [0.15, 0.2) is 0 Å². The van der Waals surface area contributed by atoms with Crippen molar-refractivity contribution in [3.63, 3.8) is 0 Å². The van der Waals surface area contributed by atoms with Crippen molar-refractivity contribution in [2.75, 3.05) is 0 Å². The average Bonchev–Trinajstić information content (AvgIpc) is 1.96. The van der Waals surface area contributed by atoms with E-state index < -0.39 is 0 Å². The molecule has 76 valence electrons. The van der Waals surface area contributed by atoms with Gasteiger partial charge >= 0.3 is 0 Å². The smallest absolute Gasteiger partial charge is 0.217 e. The van der Waals surface area contributed by atoms with Crippen molar-refractivity contribution in [2.24, 2.45) is 17.1 Å². The Morgan fingerprint density at radius 3 is 2.08 bits per heavy atom. The van der Waals surface area contributed by atoms with E-state index in [0.717, 1.165) is 0 Å². The maximum absolute atomic E-state index is 11.6. The third kappa shape index (κ3) is 4.65. The zero-order valence-electron chi connectivity index (χ0n) is 8.89. The molecule has 0 radical (unpaired) electrons. The molecule has 2 N–H and O–H groups in total. The Hall–Kier alpha value is -0.860. The zero-order chi connectivity index (χ0) is 10.6. The van der Waals surface area contributed by atoms with Gasteiger partial charge in [-0.25, -0.2) is 0 Å². The van der Waals surface area contributed by atoms with Gasteiger partial charge in [0.1, 0.15) is 5.78 Å². The Balaban J connectivity index is 4.05. The molecule has 0 fully saturated rings. The molecule has 1 amide bonds. The average molecular weight is 185 g/mol. The van der Waals surface area contributed by atoms with Gasteiger partial charge in [-0.05, 0) is 6.42 Å². The Labute approximate surface area is 79.7 Å². The summed E-state index contributed by atoms with van der Waals surface area (Å²) < 4.78 is 0. The molecule has 1 unspecified atom stereocenters. The lowest BCUT2D eigenvalue weighted by Crippen LogP contribution is -2.27. The largest absolute Gasteiger partial charge is 0.370 e. The van der Waals surface area contributed by atoms with Crippen LogP contribution in [-0.4, -0.2) is 11.7 Å². The quantitative estimate of drug-likeness (QED) is 0.721. The van der Waals surface area contributed by atoms with Crippen LogP contribution in [0, 0.1) is 11.3 Å². The summed E-state index contributed by atoms with van der Waals surface area (Å²) in [6, 6.07) is 0. The van der Waals surface area contributed by atoms with Gasteiger partial charge in [-0.2, -0.15) is 0 Å². The first kappa shape index (κ1) is 12.1. The van der Waals surface area contributed by atoms with E-state index in [-0.39, 0.29) is 23.0 Å². The molecule has 0 aliphatic carbocycles. The van der Waals surface area contributed by atoms with Gasteiger partial charge in [-0.3, -0.25) is 9.59 Å². The van der Waals surface area contributed by atoms with Crippen LogP contribution < -0.4 is 5.73 Å². The molecule has 3 heteroatoms. The molecule has 0 saturated heterocycles. The van der Waals surface area contributed by atoms with Gasteiger partial charge in [0.25, 0.3) is 0 Å². The highest BCUT2D eigenvalue weighted by Crippen LogP contribution is 2.22. The van der Waals surface area contributed by atoms with Crippen molar-refractivity contribution in [1.82, 2.24) is 0 Å². The number of nitrogens with two attached hydrogens (primary N) is 1.